The minimum atomic E-state index is -0.242. The van der Waals surface area contributed by atoms with Gasteiger partial charge in [0.15, 0.2) is 0 Å². The van der Waals surface area contributed by atoms with E-state index < -0.39 is 0 Å². The maximum atomic E-state index is 14.2. The Kier molecular flexibility index (Phi) is 5.36. The van der Waals surface area contributed by atoms with E-state index in [0.29, 0.717) is 11.4 Å². The van der Waals surface area contributed by atoms with Gasteiger partial charge in [0.25, 0.3) is 0 Å². The summed E-state index contributed by atoms with van der Waals surface area (Å²) in [5, 5.41) is 10.2. The van der Waals surface area contributed by atoms with Crippen molar-refractivity contribution >= 4 is 10.9 Å². The zero-order chi connectivity index (χ0) is 19.5. The monoisotopic (exact) mass is 373 g/mol. The quantitative estimate of drug-likeness (QED) is 0.645. The van der Waals surface area contributed by atoms with Crippen LogP contribution in [0.2, 0.25) is 0 Å². The van der Waals surface area contributed by atoms with Crippen molar-refractivity contribution < 1.29 is 4.39 Å². The summed E-state index contributed by atoms with van der Waals surface area (Å²) < 4.78 is 14.2. The van der Waals surface area contributed by atoms with Crippen molar-refractivity contribution in [2.24, 2.45) is 5.92 Å². The van der Waals surface area contributed by atoms with Gasteiger partial charge in [-0.15, -0.1) is 0 Å². The van der Waals surface area contributed by atoms with E-state index in [0.717, 1.165) is 61.1 Å². The van der Waals surface area contributed by atoms with Gasteiger partial charge in [0, 0.05) is 17.6 Å². The molecular formula is C24H24FN3. The van der Waals surface area contributed by atoms with E-state index in [-0.39, 0.29) is 5.82 Å². The van der Waals surface area contributed by atoms with Gasteiger partial charge in [-0.05, 0) is 74.5 Å². The predicted octanol–water partition coefficient (Wildman–Crippen LogP) is 5.01. The molecule has 0 N–H and O–H groups in total. The minimum absolute atomic E-state index is 0.242. The van der Waals surface area contributed by atoms with E-state index >= 15 is 0 Å². The third-order valence-corrected chi connectivity index (χ3v) is 5.75. The van der Waals surface area contributed by atoms with Crippen LogP contribution < -0.4 is 0 Å². The molecular weight excluding hydrogens is 349 g/mol. The number of piperidine rings is 1. The zero-order valence-corrected chi connectivity index (χ0v) is 16.2. The van der Waals surface area contributed by atoms with Gasteiger partial charge >= 0.3 is 0 Å². The van der Waals surface area contributed by atoms with Crippen LogP contribution in [0, 0.1) is 30.0 Å². The molecule has 142 valence electrons. The Morgan fingerprint density at radius 2 is 1.89 bits per heavy atom. The summed E-state index contributed by atoms with van der Waals surface area (Å²) >= 11 is 0. The molecule has 1 fully saturated rings. The molecule has 1 aromatic heterocycles. The van der Waals surface area contributed by atoms with Crippen LogP contribution in [-0.4, -0.2) is 23.0 Å². The van der Waals surface area contributed by atoms with Crippen molar-refractivity contribution in [1.29, 1.82) is 5.26 Å². The van der Waals surface area contributed by atoms with Gasteiger partial charge in [0.2, 0.25) is 0 Å². The molecule has 0 unspecified atom stereocenters. The lowest BCUT2D eigenvalue weighted by Gasteiger charge is -2.32. The maximum absolute atomic E-state index is 14.2. The Bertz CT molecular complexity index is 1030. The molecule has 0 atom stereocenters. The largest absolute Gasteiger partial charge is 0.299 e. The van der Waals surface area contributed by atoms with Gasteiger partial charge in [0.05, 0.1) is 11.6 Å². The molecule has 0 spiro atoms. The number of hydrogen-bond donors (Lipinski definition) is 0. The molecule has 1 aliphatic rings. The summed E-state index contributed by atoms with van der Waals surface area (Å²) in [4.78, 5) is 6.83. The fourth-order valence-corrected chi connectivity index (χ4v) is 4.26. The smallest absolute Gasteiger partial charge is 0.149 e. The van der Waals surface area contributed by atoms with E-state index in [1.54, 1.807) is 6.07 Å². The Hall–Kier alpha value is -2.77. The highest BCUT2D eigenvalue weighted by Crippen LogP contribution is 2.28. The number of benzene rings is 2. The summed E-state index contributed by atoms with van der Waals surface area (Å²) in [5.74, 6) is 0.351. The summed E-state index contributed by atoms with van der Waals surface area (Å²) in [6.45, 7) is 4.82. The van der Waals surface area contributed by atoms with Crippen molar-refractivity contribution in [3.63, 3.8) is 0 Å². The Balaban J connectivity index is 1.43. The molecule has 28 heavy (non-hydrogen) atoms. The van der Waals surface area contributed by atoms with E-state index in [2.05, 4.69) is 22.0 Å². The van der Waals surface area contributed by atoms with Crippen LogP contribution in [0.15, 0.2) is 48.5 Å². The van der Waals surface area contributed by atoms with Crippen molar-refractivity contribution in [3.05, 3.63) is 76.7 Å². The van der Waals surface area contributed by atoms with Gasteiger partial charge in [-0.25, -0.2) is 4.39 Å². The number of likely N-dealkylation sites (tertiary alicyclic amines) is 1. The number of fused-ring (bicyclic) bond motifs is 1. The number of halogens is 1. The first-order chi connectivity index (χ1) is 13.6. The van der Waals surface area contributed by atoms with Crippen LogP contribution in [0.25, 0.3) is 10.9 Å². The second-order valence-electron chi connectivity index (χ2n) is 7.75. The molecule has 2 heterocycles. The second-order valence-corrected chi connectivity index (χ2v) is 7.75. The molecule has 1 aliphatic heterocycles. The summed E-state index contributed by atoms with van der Waals surface area (Å²) in [6.07, 6.45) is 3.20. The average molecular weight is 373 g/mol. The number of hydrogen-bond acceptors (Lipinski definition) is 3. The molecule has 1 saturated heterocycles. The third kappa shape index (κ3) is 3.90. The summed E-state index contributed by atoms with van der Waals surface area (Å²) in [5.41, 5.74) is 4.44. The number of nitriles is 1. The van der Waals surface area contributed by atoms with Crippen LogP contribution in [0.1, 0.15) is 35.2 Å². The number of aromatic nitrogens is 1. The van der Waals surface area contributed by atoms with E-state index in [4.69, 9.17) is 0 Å². The fraction of sp³-hybridized carbons (Fsp3) is 0.333. The highest BCUT2D eigenvalue weighted by atomic mass is 19.1. The van der Waals surface area contributed by atoms with Crippen molar-refractivity contribution in [1.82, 2.24) is 9.88 Å². The molecule has 0 amide bonds. The molecule has 0 bridgehead atoms. The normalized spacial score (nSPS) is 15.6. The maximum Gasteiger partial charge on any atom is 0.149 e. The number of rotatable bonds is 4. The lowest BCUT2D eigenvalue weighted by Crippen LogP contribution is -2.34. The lowest BCUT2D eigenvalue weighted by atomic mass is 9.88. The number of nitrogens with zero attached hydrogens (tertiary/aromatic N) is 3. The standard InChI is InChI=1S/C24H24FN3/c1-17-13-21(22-7-4-8-23(25)24(22)27-17)14-18-9-11-28(12-10-18)16-20-6-3-2-5-19(20)15-26/h2-8,13,18H,9-12,14,16H2,1H3. The first-order valence-corrected chi connectivity index (χ1v) is 9.89. The molecule has 3 nitrogen and oxygen atoms in total. The Labute approximate surface area is 165 Å². The minimum Gasteiger partial charge on any atom is -0.299 e. The van der Waals surface area contributed by atoms with Gasteiger partial charge in [0.1, 0.15) is 11.3 Å². The molecule has 0 radical (unpaired) electrons. The lowest BCUT2D eigenvalue weighted by molar-refractivity contribution is 0.177. The molecule has 3 aromatic rings. The van der Waals surface area contributed by atoms with Crippen LogP contribution >= 0.6 is 0 Å². The zero-order valence-electron chi connectivity index (χ0n) is 16.2. The van der Waals surface area contributed by atoms with Crippen LogP contribution in [0.3, 0.4) is 0 Å². The second kappa shape index (κ2) is 8.08. The number of aryl methyl sites for hydroxylation is 1. The van der Waals surface area contributed by atoms with Crippen LogP contribution in [0.4, 0.5) is 4.39 Å². The third-order valence-electron chi connectivity index (χ3n) is 5.75. The van der Waals surface area contributed by atoms with Gasteiger partial charge in [-0.3, -0.25) is 9.88 Å². The highest BCUT2D eigenvalue weighted by molar-refractivity contribution is 5.83. The fourth-order valence-electron chi connectivity index (χ4n) is 4.26. The number of para-hydroxylation sites is 1. The summed E-state index contributed by atoms with van der Waals surface area (Å²) in [7, 11) is 0. The molecule has 4 heteroatoms. The first-order valence-electron chi connectivity index (χ1n) is 9.89. The van der Waals surface area contributed by atoms with Crippen molar-refractivity contribution in [3.8, 4) is 6.07 Å². The Morgan fingerprint density at radius 1 is 1.11 bits per heavy atom. The van der Waals surface area contributed by atoms with Crippen LogP contribution in [0.5, 0.6) is 0 Å². The van der Waals surface area contributed by atoms with Gasteiger partial charge in [-0.2, -0.15) is 5.26 Å². The van der Waals surface area contributed by atoms with Gasteiger partial charge < -0.3 is 0 Å². The van der Waals surface area contributed by atoms with E-state index in [1.807, 2.05) is 37.3 Å². The topological polar surface area (TPSA) is 39.9 Å². The Morgan fingerprint density at radius 3 is 2.68 bits per heavy atom. The first kappa shape index (κ1) is 18.6. The summed E-state index contributed by atoms with van der Waals surface area (Å²) in [6, 6.07) is 17.5. The van der Waals surface area contributed by atoms with Gasteiger partial charge in [-0.1, -0.05) is 30.3 Å². The average Bonchev–Trinajstić information content (AvgIpc) is 2.71. The molecule has 2 aromatic carbocycles. The highest BCUT2D eigenvalue weighted by Gasteiger charge is 2.21. The van der Waals surface area contributed by atoms with Crippen molar-refractivity contribution in [2.75, 3.05) is 13.1 Å². The van der Waals surface area contributed by atoms with E-state index in [1.165, 1.54) is 11.6 Å². The molecule has 0 aliphatic carbocycles. The molecule has 0 saturated carbocycles. The van der Waals surface area contributed by atoms with Crippen molar-refractivity contribution in [2.45, 2.75) is 32.7 Å². The SMILES string of the molecule is Cc1cc(CC2CCN(Cc3ccccc3C#N)CC2)c2cccc(F)c2n1. The van der Waals surface area contributed by atoms with E-state index in [9.17, 15) is 9.65 Å². The number of pyridine rings is 1. The van der Waals surface area contributed by atoms with Crippen LogP contribution in [-0.2, 0) is 13.0 Å². The molecule has 4 rings (SSSR count). The predicted molar refractivity (Wildman–Crippen MR) is 109 cm³/mol.